The number of para-hydroxylation sites is 1. The predicted octanol–water partition coefficient (Wildman–Crippen LogP) is 5.89. The Morgan fingerprint density at radius 1 is 1.06 bits per heavy atom. The number of nitrogens with one attached hydrogen (secondary N) is 3. The van der Waals surface area contributed by atoms with Gasteiger partial charge in [0.05, 0.1) is 12.1 Å². The van der Waals surface area contributed by atoms with E-state index in [4.69, 9.17) is 14.0 Å². The number of anilines is 1. The largest absolute Gasteiger partial charge is 0.445 e. The highest BCUT2D eigenvalue weighted by Gasteiger charge is 2.62. The molecule has 0 bridgehead atoms. The molecule has 3 N–H and O–H groups in total. The van der Waals surface area contributed by atoms with E-state index in [1.165, 1.54) is 29.4 Å². The van der Waals surface area contributed by atoms with Crippen LogP contribution < -0.4 is 25.7 Å². The highest BCUT2D eigenvalue weighted by Crippen LogP contribution is 2.48. The molecular formula is C36H40F3N5O6. The Morgan fingerprint density at radius 2 is 1.82 bits per heavy atom. The number of rotatable bonds is 8. The molecule has 2 aromatic carbocycles. The van der Waals surface area contributed by atoms with Gasteiger partial charge in [0.15, 0.2) is 5.75 Å². The molecule has 2 aliphatic heterocycles. The van der Waals surface area contributed by atoms with E-state index < -0.39 is 53.2 Å². The number of benzene rings is 2. The number of aromatic nitrogens is 1. The molecule has 0 unspecified atom stereocenters. The summed E-state index contributed by atoms with van der Waals surface area (Å²) < 4.78 is 51.9. The van der Waals surface area contributed by atoms with Gasteiger partial charge in [0.25, 0.3) is 5.91 Å². The van der Waals surface area contributed by atoms with Gasteiger partial charge in [-0.2, -0.15) is 23.6 Å². The summed E-state index contributed by atoms with van der Waals surface area (Å²) in [6.45, 7) is 3.63. The van der Waals surface area contributed by atoms with Crippen molar-refractivity contribution in [1.29, 1.82) is 0 Å². The van der Waals surface area contributed by atoms with Crippen molar-refractivity contribution in [1.82, 2.24) is 20.7 Å². The molecule has 3 amide bonds. The zero-order chi connectivity index (χ0) is 35.3. The van der Waals surface area contributed by atoms with E-state index >= 15 is 0 Å². The molecule has 6 rings (SSSR count). The second-order valence-corrected chi connectivity index (χ2v) is 13.1. The molecule has 2 saturated heterocycles. The molecule has 14 heteroatoms. The van der Waals surface area contributed by atoms with Crippen LogP contribution in [0.2, 0.25) is 0 Å². The minimum atomic E-state index is -4.56. The van der Waals surface area contributed by atoms with E-state index in [9.17, 15) is 27.6 Å². The molecule has 1 aliphatic carbocycles. The normalized spacial score (nSPS) is 25.9. The van der Waals surface area contributed by atoms with Crippen LogP contribution in [0.1, 0.15) is 69.0 Å². The van der Waals surface area contributed by atoms with Crippen LogP contribution in [0.4, 0.5) is 18.9 Å². The van der Waals surface area contributed by atoms with Crippen LogP contribution in [0, 0.1) is 5.92 Å². The van der Waals surface area contributed by atoms with Crippen LogP contribution in [0.25, 0.3) is 6.08 Å². The number of hydrogen-bond donors (Lipinski definition) is 3. The Bertz CT molecular complexity index is 1680. The molecule has 11 nitrogen and oxygen atoms in total. The Hall–Kier alpha value is -5.01. The van der Waals surface area contributed by atoms with Crippen LogP contribution in [-0.4, -0.2) is 57.9 Å². The lowest BCUT2D eigenvalue weighted by Gasteiger charge is -2.30. The van der Waals surface area contributed by atoms with Gasteiger partial charge in [0.1, 0.15) is 35.7 Å². The molecule has 0 radical (unpaired) electrons. The SMILES string of the molecule is C=Cc1coc(O[C@@H]2C[C@H]3C(=O)N[C@]4(C(=O)NOc5ccccc5)C[C@H]4CCCCCCC[C@H](Nc4cccc(C(F)(F)F)c4)C(=O)N3C2)n1. The highest BCUT2D eigenvalue weighted by atomic mass is 19.4. The summed E-state index contributed by atoms with van der Waals surface area (Å²) in [5, 5.41) is 6.00. The number of carbonyl (C=O) groups is 3. The van der Waals surface area contributed by atoms with Crippen molar-refractivity contribution in [2.75, 3.05) is 11.9 Å². The summed E-state index contributed by atoms with van der Waals surface area (Å²) in [6, 6.07) is 11.4. The first-order chi connectivity index (χ1) is 24.1. The van der Waals surface area contributed by atoms with E-state index in [2.05, 4.69) is 27.7 Å². The average molecular weight is 696 g/mol. The number of amides is 3. The average Bonchev–Trinajstić information content (AvgIpc) is 3.39. The summed E-state index contributed by atoms with van der Waals surface area (Å²) in [7, 11) is 0. The summed E-state index contributed by atoms with van der Waals surface area (Å²) in [5.41, 5.74) is 0.998. The maximum Gasteiger partial charge on any atom is 0.416 e. The molecular weight excluding hydrogens is 655 g/mol. The number of hydroxylamine groups is 1. The van der Waals surface area contributed by atoms with E-state index in [0.717, 1.165) is 37.8 Å². The van der Waals surface area contributed by atoms with Crippen LogP contribution in [0.15, 0.2) is 71.9 Å². The standard InChI is InChI=1S/C36H40F3N5O6/c1-2-25-22-48-34(41-25)49-28-19-30-31(45)42-35(33(47)43-50-27-15-8-6-9-16-27)20-24(35)12-7-4-3-5-10-17-29(32(46)44(30)21-28)40-26-14-11-13-23(18-26)36(37,38)39/h2,6,8-9,11,13-16,18,22,24,28-30,40H,1,3-5,7,10,12,17,19-21H2,(H,42,45)(H,43,47)/t24-,28-,29+,30+,35-/m1/s1. The Kier molecular flexibility index (Phi) is 10.3. The minimum absolute atomic E-state index is 0.0246. The van der Waals surface area contributed by atoms with Gasteiger partial charge >= 0.3 is 12.3 Å². The van der Waals surface area contributed by atoms with Gasteiger partial charge in [0, 0.05) is 12.1 Å². The van der Waals surface area contributed by atoms with Crippen LogP contribution in [0.3, 0.4) is 0 Å². The molecule has 50 heavy (non-hydrogen) atoms. The highest BCUT2D eigenvalue weighted by molar-refractivity contribution is 5.97. The molecule has 3 aliphatic rings. The summed E-state index contributed by atoms with van der Waals surface area (Å²) in [5.74, 6) is -1.22. The lowest BCUT2D eigenvalue weighted by atomic mass is 10.0. The lowest BCUT2D eigenvalue weighted by molar-refractivity contribution is -0.141. The zero-order valence-corrected chi connectivity index (χ0v) is 27.4. The molecule has 0 spiro atoms. The molecule has 3 heterocycles. The number of halogens is 3. The van der Waals surface area contributed by atoms with Gasteiger partial charge < -0.3 is 29.5 Å². The van der Waals surface area contributed by atoms with Crippen LogP contribution in [0.5, 0.6) is 11.8 Å². The van der Waals surface area contributed by atoms with E-state index in [0.29, 0.717) is 37.1 Å². The second kappa shape index (κ2) is 14.9. The zero-order valence-electron chi connectivity index (χ0n) is 27.4. The Balaban J connectivity index is 1.27. The van der Waals surface area contributed by atoms with Crippen molar-refractivity contribution >= 4 is 29.5 Å². The van der Waals surface area contributed by atoms with E-state index in [1.807, 2.05) is 6.07 Å². The summed E-state index contributed by atoms with van der Waals surface area (Å²) in [6.07, 6.45) is 3.08. The molecule has 266 valence electrons. The van der Waals surface area contributed by atoms with Crippen molar-refractivity contribution in [3.05, 3.63) is 78.7 Å². The van der Waals surface area contributed by atoms with Crippen LogP contribution >= 0.6 is 0 Å². The third-order valence-corrected chi connectivity index (χ3v) is 9.56. The maximum atomic E-state index is 14.4. The van der Waals surface area contributed by atoms with E-state index in [-0.39, 0.29) is 30.6 Å². The molecule has 5 atom stereocenters. The Labute approximate surface area is 287 Å². The van der Waals surface area contributed by atoms with Crippen molar-refractivity contribution < 1.29 is 41.5 Å². The number of oxazole rings is 1. The summed E-state index contributed by atoms with van der Waals surface area (Å²) in [4.78, 5) is 53.3. The first-order valence-electron chi connectivity index (χ1n) is 16.9. The van der Waals surface area contributed by atoms with Gasteiger partial charge in [-0.25, -0.2) is 0 Å². The Morgan fingerprint density at radius 3 is 2.56 bits per heavy atom. The molecule has 1 aromatic heterocycles. The number of alkyl halides is 3. The monoisotopic (exact) mass is 695 g/mol. The number of ether oxygens (including phenoxy) is 1. The smallest absolute Gasteiger partial charge is 0.416 e. The molecule has 3 aromatic rings. The molecule has 1 saturated carbocycles. The van der Waals surface area contributed by atoms with Crippen molar-refractivity contribution in [2.24, 2.45) is 5.92 Å². The van der Waals surface area contributed by atoms with Crippen LogP contribution in [-0.2, 0) is 20.6 Å². The minimum Gasteiger partial charge on any atom is -0.445 e. The second-order valence-electron chi connectivity index (χ2n) is 13.1. The topological polar surface area (TPSA) is 135 Å². The van der Waals surface area contributed by atoms with Crippen molar-refractivity contribution in [3.8, 4) is 11.8 Å². The van der Waals surface area contributed by atoms with Crippen molar-refractivity contribution in [3.63, 3.8) is 0 Å². The first kappa shape index (κ1) is 34.8. The fraction of sp³-hybridized carbons (Fsp3) is 0.444. The van der Waals surface area contributed by atoms with Crippen molar-refractivity contribution in [2.45, 2.75) is 87.7 Å². The van der Waals surface area contributed by atoms with Gasteiger partial charge in [0.2, 0.25) is 11.8 Å². The van der Waals surface area contributed by atoms with Gasteiger partial charge in [-0.3, -0.25) is 14.4 Å². The number of fused-ring (bicyclic) bond motifs is 2. The van der Waals surface area contributed by atoms with Gasteiger partial charge in [-0.15, -0.1) is 0 Å². The van der Waals surface area contributed by atoms with Gasteiger partial charge in [-0.1, -0.05) is 62.9 Å². The van der Waals surface area contributed by atoms with Gasteiger partial charge in [-0.05, 0) is 61.6 Å². The maximum absolute atomic E-state index is 14.4. The fourth-order valence-electron chi connectivity index (χ4n) is 6.80. The predicted molar refractivity (Wildman–Crippen MR) is 176 cm³/mol. The fourth-order valence-corrected chi connectivity index (χ4v) is 6.80. The third-order valence-electron chi connectivity index (χ3n) is 9.56. The number of carbonyl (C=O) groups excluding carboxylic acids is 3. The van der Waals surface area contributed by atoms with E-state index in [1.54, 1.807) is 24.3 Å². The first-order valence-corrected chi connectivity index (χ1v) is 16.9. The quantitative estimate of drug-likeness (QED) is 0.248. The lowest BCUT2D eigenvalue weighted by Crippen LogP contribution is -2.57. The number of nitrogens with zero attached hydrogens (tertiary/aromatic N) is 2. The third kappa shape index (κ3) is 8.06. The summed E-state index contributed by atoms with van der Waals surface area (Å²) >= 11 is 0. The molecule has 3 fully saturated rings. The number of hydrogen-bond acceptors (Lipinski definition) is 8.